The van der Waals surface area contributed by atoms with Crippen LogP contribution in [-0.2, 0) is 11.2 Å². The number of phenols is 2. The highest BCUT2D eigenvalue weighted by Crippen LogP contribution is 2.29. The van der Waals surface area contributed by atoms with Crippen LogP contribution in [0.1, 0.15) is 62.4 Å². The van der Waals surface area contributed by atoms with E-state index in [4.69, 9.17) is 4.74 Å². The van der Waals surface area contributed by atoms with Gasteiger partial charge in [-0.2, -0.15) is 0 Å². The van der Waals surface area contributed by atoms with Crippen LogP contribution >= 0.6 is 0 Å². The second kappa shape index (κ2) is 9.40. The number of rotatable bonds is 9. The number of aliphatic hydroxyl groups is 1. The molecule has 130 valence electrons. The Bertz CT molecular complexity index is 508. The summed E-state index contributed by atoms with van der Waals surface area (Å²) in [6.45, 7) is 5.92. The summed E-state index contributed by atoms with van der Waals surface area (Å²) in [5, 5.41) is 28.9. The lowest BCUT2D eigenvalue weighted by Crippen LogP contribution is -2.12. The topological polar surface area (TPSA) is 87.0 Å². The molecule has 5 nitrogen and oxygen atoms in total. The highest BCUT2D eigenvalue weighted by molar-refractivity contribution is 5.94. The number of hydrogen-bond donors (Lipinski definition) is 3. The number of unbranched alkanes of at least 4 members (excludes halogenated alkanes) is 2. The Kier molecular flexibility index (Phi) is 7.89. The lowest BCUT2D eigenvalue weighted by molar-refractivity contribution is 0.0454. The highest BCUT2D eigenvalue weighted by Gasteiger charge is 2.19. The van der Waals surface area contributed by atoms with Crippen LogP contribution in [0.5, 0.6) is 11.5 Å². The Hall–Kier alpha value is -1.75. The molecular weight excluding hydrogens is 296 g/mol. The molecule has 0 unspecified atom stereocenters. The Morgan fingerprint density at radius 3 is 2.43 bits per heavy atom. The Balaban J connectivity index is 2.74. The van der Waals surface area contributed by atoms with Crippen molar-refractivity contribution in [2.75, 3.05) is 6.61 Å². The third kappa shape index (κ3) is 6.91. The fraction of sp³-hybridized carbons (Fsp3) is 0.611. The van der Waals surface area contributed by atoms with E-state index < -0.39 is 5.97 Å². The normalized spacial score (nSPS) is 12.4. The number of hydrogen-bond acceptors (Lipinski definition) is 5. The number of benzene rings is 1. The zero-order chi connectivity index (χ0) is 17.4. The summed E-state index contributed by atoms with van der Waals surface area (Å²) in [6.07, 6.45) is 3.61. The van der Waals surface area contributed by atoms with Crippen molar-refractivity contribution in [2.24, 2.45) is 5.92 Å². The molecule has 3 N–H and O–H groups in total. The van der Waals surface area contributed by atoms with Crippen LogP contribution in [0.4, 0.5) is 0 Å². The molecule has 1 aromatic carbocycles. The number of phenolic OH excluding ortho intramolecular Hbond substituents is 2. The van der Waals surface area contributed by atoms with Gasteiger partial charge in [-0.1, -0.05) is 26.7 Å². The van der Waals surface area contributed by atoms with Gasteiger partial charge in [0.1, 0.15) is 17.1 Å². The van der Waals surface area contributed by atoms with E-state index in [0.29, 0.717) is 12.0 Å². The van der Waals surface area contributed by atoms with E-state index in [9.17, 15) is 20.1 Å². The van der Waals surface area contributed by atoms with Gasteiger partial charge < -0.3 is 20.1 Å². The molecule has 0 heterocycles. The van der Waals surface area contributed by atoms with Gasteiger partial charge in [0.15, 0.2) is 0 Å². The third-order valence-electron chi connectivity index (χ3n) is 3.50. The number of carbonyl (C=O) groups excluding carboxylic acids is 1. The SMILES string of the molecule is CC(C)COC(=O)c1c(O)cc(O)cc1CCCCC[C@@H](C)O. The highest BCUT2D eigenvalue weighted by atomic mass is 16.5. The number of esters is 1. The van der Waals surface area contributed by atoms with Crippen LogP contribution in [0, 0.1) is 5.92 Å². The van der Waals surface area contributed by atoms with Gasteiger partial charge in [0.05, 0.1) is 12.7 Å². The van der Waals surface area contributed by atoms with Gasteiger partial charge in [-0.3, -0.25) is 0 Å². The molecule has 0 aliphatic rings. The summed E-state index contributed by atoms with van der Waals surface area (Å²) >= 11 is 0. The molecule has 1 atom stereocenters. The minimum absolute atomic E-state index is 0.0677. The third-order valence-corrected chi connectivity index (χ3v) is 3.50. The van der Waals surface area contributed by atoms with Crippen molar-refractivity contribution in [2.45, 2.75) is 59.0 Å². The van der Waals surface area contributed by atoms with E-state index in [0.717, 1.165) is 31.7 Å². The predicted molar refractivity (Wildman–Crippen MR) is 88.7 cm³/mol. The molecule has 0 aliphatic heterocycles. The largest absolute Gasteiger partial charge is 0.508 e. The van der Waals surface area contributed by atoms with Crippen molar-refractivity contribution in [1.29, 1.82) is 0 Å². The number of aromatic hydroxyl groups is 2. The molecule has 0 aromatic heterocycles. The minimum atomic E-state index is -0.560. The summed E-state index contributed by atoms with van der Waals surface area (Å²) < 4.78 is 5.20. The van der Waals surface area contributed by atoms with E-state index in [1.807, 2.05) is 13.8 Å². The maximum absolute atomic E-state index is 12.2. The van der Waals surface area contributed by atoms with E-state index >= 15 is 0 Å². The zero-order valence-corrected chi connectivity index (χ0v) is 14.2. The first-order valence-electron chi connectivity index (χ1n) is 8.21. The molecule has 0 saturated carbocycles. The van der Waals surface area contributed by atoms with Crippen molar-refractivity contribution in [3.8, 4) is 11.5 Å². The Morgan fingerprint density at radius 2 is 1.83 bits per heavy atom. The Morgan fingerprint density at radius 1 is 1.13 bits per heavy atom. The van der Waals surface area contributed by atoms with Gasteiger partial charge in [0.25, 0.3) is 0 Å². The maximum atomic E-state index is 12.2. The van der Waals surface area contributed by atoms with Gasteiger partial charge in [-0.15, -0.1) is 0 Å². The first kappa shape index (κ1) is 19.3. The molecule has 0 saturated heterocycles. The molecule has 0 amide bonds. The van der Waals surface area contributed by atoms with E-state index in [1.54, 1.807) is 6.92 Å². The number of aryl methyl sites for hydroxylation is 1. The second-order valence-corrected chi connectivity index (χ2v) is 6.44. The second-order valence-electron chi connectivity index (χ2n) is 6.44. The summed E-state index contributed by atoms with van der Waals surface area (Å²) in [5.74, 6) is -0.670. The van der Waals surface area contributed by atoms with Gasteiger partial charge in [0.2, 0.25) is 0 Å². The van der Waals surface area contributed by atoms with Crippen molar-refractivity contribution in [3.63, 3.8) is 0 Å². The molecule has 1 rings (SSSR count). The fourth-order valence-corrected chi connectivity index (χ4v) is 2.35. The monoisotopic (exact) mass is 324 g/mol. The predicted octanol–water partition coefficient (Wildman–Crippen LogP) is 3.39. The van der Waals surface area contributed by atoms with Crippen LogP contribution in [-0.4, -0.2) is 34.0 Å². The van der Waals surface area contributed by atoms with E-state index in [2.05, 4.69) is 0 Å². The van der Waals surface area contributed by atoms with Crippen LogP contribution < -0.4 is 0 Å². The smallest absolute Gasteiger partial charge is 0.342 e. The maximum Gasteiger partial charge on any atom is 0.342 e. The van der Waals surface area contributed by atoms with Crippen molar-refractivity contribution < 1.29 is 24.9 Å². The van der Waals surface area contributed by atoms with Crippen LogP contribution in [0.25, 0.3) is 0 Å². The first-order valence-corrected chi connectivity index (χ1v) is 8.21. The average Bonchev–Trinajstić information content (AvgIpc) is 2.43. The number of aliphatic hydroxyl groups excluding tert-OH is 1. The molecule has 0 aliphatic carbocycles. The summed E-state index contributed by atoms with van der Waals surface area (Å²) in [7, 11) is 0. The molecule has 0 radical (unpaired) electrons. The quantitative estimate of drug-likeness (QED) is 0.479. The molecule has 0 spiro atoms. The average molecular weight is 324 g/mol. The summed E-state index contributed by atoms with van der Waals surface area (Å²) in [5.41, 5.74) is 0.729. The van der Waals surface area contributed by atoms with Gasteiger partial charge in [0, 0.05) is 6.07 Å². The molecule has 5 heteroatoms. The number of carbonyl (C=O) groups is 1. The van der Waals surface area contributed by atoms with Crippen molar-refractivity contribution >= 4 is 5.97 Å². The van der Waals surface area contributed by atoms with Crippen molar-refractivity contribution in [1.82, 2.24) is 0 Å². The van der Waals surface area contributed by atoms with Crippen LogP contribution in [0.2, 0.25) is 0 Å². The fourth-order valence-electron chi connectivity index (χ4n) is 2.35. The minimum Gasteiger partial charge on any atom is -0.508 e. The number of ether oxygens (including phenoxy) is 1. The van der Waals surface area contributed by atoms with Crippen molar-refractivity contribution in [3.05, 3.63) is 23.3 Å². The lowest BCUT2D eigenvalue weighted by atomic mass is 9.99. The van der Waals surface area contributed by atoms with E-state index in [-0.39, 0.29) is 35.7 Å². The summed E-state index contributed by atoms with van der Waals surface area (Å²) in [4.78, 5) is 12.2. The first-order chi connectivity index (χ1) is 10.8. The molecule has 1 aromatic rings. The molecule has 0 fully saturated rings. The van der Waals surface area contributed by atoms with Gasteiger partial charge in [-0.05, 0) is 43.7 Å². The van der Waals surface area contributed by atoms with Crippen LogP contribution in [0.3, 0.4) is 0 Å². The van der Waals surface area contributed by atoms with E-state index in [1.165, 1.54) is 6.07 Å². The summed E-state index contributed by atoms with van der Waals surface area (Å²) in [6, 6.07) is 2.66. The van der Waals surface area contributed by atoms with Crippen LogP contribution in [0.15, 0.2) is 12.1 Å². The lowest BCUT2D eigenvalue weighted by Gasteiger charge is -2.13. The Labute approximate surface area is 137 Å². The molecule has 23 heavy (non-hydrogen) atoms. The molecule has 0 bridgehead atoms. The van der Waals surface area contributed by atoms with Gasteiger partial charge >= 0.3 is 5.97 Å². The zero-order valence-electron chi connectivity index (χ0n) is 14.2. The molecular formula is C18H28O5. The van der Waals surface area contributed by atoms with Gasteiger partial charge in [-0.25, -0.2) is 4.79 Å². The standard InChI is InChI=1S/C18H28O5/c1-12(2)11-23-18(22)17-14(9-15(20)10-16(17)21)8-6-4-5-7-13(3)19/h9-10,12-13,19-21H,4-8,11H2,1-3H3/t13-/m1/s1.